The number of rotatable bonds is 3. The Hall–Kier alpha value is -2.58. The standard InChI is InChI=1S/C18H14ClF3N2O3/c1-27-14-8-4-12(5-9-14)16(25)24-17(26,18(20,21)22)10-15(23-24)11-2-6-13(19)7-3-11/h2-9,26H,10H2,1H3/t17-/m0/s1. The predicted octanol–water partition coefficient (Wildman–Crippen LogP) is 3.85. The van der Waals surface area contributed by atoms with E-state index in [1.165, 1.54) is 55.6 Å². The lowest BCUT2D eigenvalue weighted by Crippen LogP contribution is -2.56. The molecule has 0 unspecified atom stereocenters. The topological polar surface area (TPSA) is 62.1 Å². The van der Waals surface area contributed by atoms with Gasteiger partial charge < -0.3 is 9.84 Å². The van der Waals surface area contributed by atoms with Crippen molar-refractivity contribution >= 4 is 23.2 Å². The van der Waals surface area contributed by atoms with Crippen molar-refractivity contribution < 1.29 is 27.8 Å². The number of nitrogens with zero attached hydrogens (tertiary/aromatic N) is 2. The van der Waals surface area contributed by atoms with E-state index in [0.717, 1.165) is 0 Å². The van der Waals surface area contributed by atoms with Gasteiger partial charge in [0, 0.05) is 10.6 Å². The molecule has 5 nitrogen and oxygen atoms in total. The molecule has 1 aliphatic heterocycles. The number of aliphatic hydroxyl groups is 1. The SMILES string of the molecule is COc1ccc(C(=O)N2N=C(c3ccc(Cl)cc3)C[C@]2(O)C(F)(F)F)cc1. The Morgan fingerprint density at radius 3 is 2.30 bits per heavy atom. The van der Waals surface area contributed by atoms with E-state index in [1.54, 1.807) is 0 Å². The molecule has 1 N–H and O–H groups in total. The molecule has 142 valence electrons. The average molecular weight is 399 g/mol. The Morgan fingerprint density at radius 2 is 1.78 bits per heavy atom. The van der Waals surface area contributed by atoms with Crippen molar-refractivity contribution in [2.75, 3.05) is 7.11 Å². The molecule has 9 heteroatoms. The summed E-state index contributed by atoms with van der Waals surface area (Å²) in [6.45, 7) is 0. The lowest BCUT2D eigenvalue weighted by Gasteiger charge is -2.32. The zero-order valence-corrected chi connectivity index (χ0v) is 14.8. The van der Waals surface area contributed by atoms with E-state index < -0.39 is 24.2 Å². The van der Waals surface area contributed by atoms with E-state index in [9.17, 15) is 23.1 Å². The van der Waals surface area contributed by atoms with Crippen molar-refractivity contribution in [2.24, 2.45) is 5.10 Å². The molecule has 1 aliphatic rings. The van der Waals surface area contributed by atoms with E-state index in [4.69, 9.17) is 16.3 Å². The lowest BCUT2D eigenvalue weighted by molar-refractivity contribution is -0.297. The van der Waals surface area contributed by atoms with Crippen LogP contribution in [0.1, 0.15) is 22.3 Å². The molecule has 2 aromatic carbocycles. The van der Waals surface area contributed by atoms with Crippen LogP contribution >= 0.6 is 11.6 Å². The fourth-order valence-electron chi connectivity index (χ4n) is 2.64. The molecule has 0 aromatic heterocycles. The number of hydrazone groups is 1. The van der Waals surface area contributed by atoms with Gasteiger partial charge in [0.2, 0.25) is 0 Å². The fourth-order valence-corrected chi connectivity index (χ4v) is 2.76. The molecule has 0 aliphatic carbocycles. The molecule has 0 bridgehead atoms. The monoisotopic (exact) mass is 398 g/mol. The first-order valence-corrected chi connectivity index (χ1v) is 8.14. The van der Waals surface area contributed by atoms with Crippen molar-refractivity contribution in [3.8, 4) is 5.75 Å². The van der Waals surface area contributed by atoms with Crippen LogP contribution < -0.4 is 4.74 Å². The van der Waals surface area contributed by atoms with Gasteiger partial charge in [0.1, 0.15) is 5.75 Å². The summed E-state index contributed by atoms with van der Waals surface area (Å²) in [7, 11) is 1.42. The third-order valence-electron chi connectivity index (χ3n) is 4.15. The third-order valence-corrected chi connectivity index (χ3v) is 4.40. The number of methoxy groups -OCH3 is 1. The second kappa shape index (κ2) is 6.86. The van der Waals surface area contributed by atoms with Gasteiger partial charge in [-0.2, -0.15) is 23.3 Å². The van der Waals surface area contributed by atoms with Crippen LogP contribution in [0.25, 0.3) is 0 Å². The summed E-state index contributed by atoms with van der Waals surface area (Å²) in [6, 6.07) is 11.4. The van der Waals surface area contributed by atoms with Gasteiger partial charge in [0.05, 0.1) is 19.2 Å². The third kappa shape index (κ3) is 3.50. The number of halogens is 4. The van der Waals surface area contributed by atoms with E-state index in [-0.39, 0.29) is 16.3 Å². The highest BCUT2D eigenvalue weighted by Crippen LogP contribution is 2.42. The lowest BCUT2D eigenvalue weighted by atomic mass is 10.0. The van der Waals surface area contributed by atoms with Crippen molar-refractivity contribution in [3.05, 3.63) is 64.7 Å². The summed E-state index contributed by atoms with van der Waals surface area (Å²) in [4.78, 5) is 12.6. The maximum atomic E-state index is 13.6. The minimum atomic E-state index is -5.10. The number of benzene rings is 2. The normalized spacial score (nSPS) is 19.8. The minimum absolute atomic E-state index is 0.0698. The van der Waals surface area contributed by atoms with Crippen LogP contribution in [0.4, 0.5) is 13.2 Å². The van der Waals surface area contributed by atoms with E-state index in [1.807, 2.05) is 0 Å². The number of hydrogen-bond donors (Lipinski definition) is 1. The van der Waals surface area contributed by atoms with Gasteiger partial charge in [-0.15, -0.1) is 0 Å². The van der Waals surface area contributed by atoms with Crippen LogP contribution in [-0.2, 0) is 0 Å². The molecule has 0 spiro atoms. The van der Waals surface area contributed by atoms with Crippen LogP contribution in [0.3, 0.4) is 0 Å². The van der Waals surface area contributed by atoms with Crippen LogP contribution in [0, 0.1) is 0 Å². The Balaban J connectivity index is 2.01. The molecule has 0 radical (unpaired) electrons. The molecular formula is C18H14ClF3N2O3. The molecule has 1 atom stereocenters. The highest BCUT2D eigenvalue weighted by Gasteiger charge is 2.63. The van der Waals surface area contributed by atoms with Gasteiger partial charge in [-0.25, -0.2) is 0 Å². The van der Waals surface area contributed by atoms with E-state index >= 15 is 0 Å². The first kappa shape index (κ1) is 19.2. The second-order valence-electron chi connectivity index (χ2n) is 5.89. The van der Waals surface area contributed by atoms with Gasteiger partial charge in [0.15, 0.2) is 0 Å². The van der Waals surface area contributed by atoms with Gasteiger partial charge in [-0.05, 0) is 42.0 Å². The van der Waals surface area contributed by atoms with Gasteiger partial charge in [-0.1, -0.05) is 23.7 Å². The number of hydrogen-bond acceptors (Lipinski definition) is 4. The number of ether oxygens (including phenoxy) is 1. The summed E-state index contributed by atoms with van der Waals surface area (Å²) in [6.07, 6.45) is -5.99. The summed E-state index contributed by atoms with van der Waals surface area (Å²) in [5.74, 6) is -0.647. The van der Waals surface area contributed by atoms with Crippen LogP contribution in [0.15, 0.2) is 53.6 Å². The molecule has 0 saturated carbocycles. The Kier molecular flexibility index (Phi) is 4.88. The second-order valence-corrected chi connectivity index (χ2v) is 6.33. The minimum Gasteiger partial charge on any atom is -0.497 e. The molecule has 27 heavy (non-hydrogen) atoms. The van der Waals surface area contributed by atoms with Crippen molar-refractivity contribution in [1.82, 2.24) is 5.01 Å². The van der Waals surface area contributed by atoms with Crippen molar-refractivity contribution in [2.45, 2.75) is 18.3 Å². The van der Waals surface area contributed by atoms with Crippen molar-refractivity contribution in [1.29, 1.82) is 0 Å². The Labute approximate surface area is 157 Å². The zero-order valence-electron chi connectivity index (χ0n) is 14.0. The highest BCUT2D eigenvalue weighted by molar-refractivity contribution is 6.30. The van der Waals surface area contributed by atoms with Crippen LogP contribution in [0.2, 0.25) is 5.02 Å². The van der Waals surface area contributed by atoms with Crippen molar-refractivity contribution in [3.63, 3.8) is 0 Å². The first-order valence-electron chi connectivity index (χ1n) is 7.77. The molecule has 3 rings (SSSR count). The van der Waals surface area contributed by atoms with Gasteiger partial charge in [-0.3, -0.25) is 4.79 Å². The number of alkyl halides is 3. The summed E-state index contributed by atoms with van der Waals surface area (Å²) < 4.78 is 45.7. The smallest absolute Gasteiger partial charge is 0.438 e. The van der Waals surface area contributed by atoms with E-state index in [2.05, 4.69) is 5.10 Å². The zero-order chi connectivity index (χ0) is 19.8. The number of carbonyl (C=O) groups excluding carboxylic acids is 1. The maximum Gasteiger partial charge on any atom is 0.438 e. The number of carbonyl (C=O) groups is 1. The molecule has 0 saturated heterocycles. The van der Waals surface area contributed by atoms with Gasteiger partial charge in [0.25, 0.3) is 11.6 Å². The van der Waals surface area contributed by atoms with Gasteiger partial charge >= 0.3 is 6.18 Å². The molecule has 0 fully saturated rings. The molecular weight excluding hydrogens is 385 g/mol. The fraction of sp³-hybridized carbons (Fsp3) is 0.222. The predicted molar refractivity (Wildman–Crippen MR) is 92.8 cm³/mol. The van der Waals surface area contributed by atoms with Crippen LogP contribution in [0.5, 0.6) is 5.75 Å². The van der Waals surface area contributed by atoms with E-state index in [0.29, 0.717) is 16.3 Å². The number of amides is 1. The Morgan fingerprint density at radius 1 is 1.19 bits per heavy atom. The maximum absolute atomic E-state index is 13.6. The molecule has 1 heterocycles. The summed E-state index contributed by atoms with van der Waals surface area (Å²) in [5.41, 5.74) is -3.26. The van der Waals surface area contributed by atoms with Crippen LogP contribution in [-0.4, -0.2) is 40.7 Å². The Bertz CT molecular complexity index is 882. The average Bonchev–Trinajstić information content (AvgIpc) is 3.00. The summed E-state index contributed by atoms with van der Waals surface area (Å²) in [5, 5.41) is 14.6. The molecule has 1 amide bonds. The summed E-state index contributed by atoms with van der Waals surface area (Å²) >= 11 is 5.79. The first-order chi connectivity index (χ1) is 12.7. The largest absolute Gasteiger partial charge is 0.497 e. The molecule has 2 aromatic rings. The highest BCUT2D eigenvalue weighted by atomic mass is 35.5. The quantitative estimate of drug-likeness (QED) is 0.854.